The van der Waals surface area contributed by atoms with Crippen molar-refractivity contribution in [1.82, 2.24) is 20.4 Å². The van der Waals surface area contributed by atoms with E-state index in [-0.39, 0.29) is 17.7 Å². The number of carbonyl (C=O) groups is 2. The van der Waals surface area contributed by atoms with Crippen LogP contribution in [0.25, 0.3) is 11.1 Å². The fourth-order valence-electron chi connectivity index (χ4n) is 3.11. The van der Waals surface area contributed by atoms with Crippen molar-refractivity contribution in [2.75, 3.05) is 26.0 Å². The van der Waals surface area contributed by atoms with Gasteiger partial charge in [0.1, 0.15) is 0 Å². The van der Waals surface area contributed by atoms with Gasteiger partial charge in [-0.2, -0.15) is 0 Å². The Kier molecular flexibility index (Phi) is 6.47. The second-order valence-electron chi connectivity index (χ2n) is 7.87. The Hall–Kier alpha value is -3.26. The van der Waals surface area contributed by atoms with Crippen molar-refractivity contribution in [3.8, 4) is 0 Å². The van der Waals surface area contributed by atoms with Gasteiger partial charge in [-0.15, -0.1) is 0 Å². The zero-order valence-corrected chi connectivity index (χ0v) is 17.9. The van der Waals surface area contributed by atoms with E-state index in [1.165, 1.54) is 0 Å². The van der Waals surface area contributed by atoms with Crippen LogP contribution in [0.1, 0.15) is 47.1 Å². The molecular weight excluding hydrogens is 382 g/mol. The molecule has 0 fully saturated rings. The monoisotopic (exact) mass is 409 g/mol. The van der Waals surface area contributed by atoms with Gasteiger partial charge in [0, 0.05) is 17.9 Å². The van der Waals surface area contributed by atoms with Gasteiger partial charge >= 0.3 is 0 Å². The fourth-order valence-corrected chi connectivity index (χ4v) is 3.11. The topological polar surface area (TPSA) is 100 Å². The van der Waals surface area contributed by atoms with Crippen LogP contribution in [0.2, 0.25) is 0 Å². The number of benzene rings is 1. The van der Waals surface area contributed by atoms with Crippen molar-refractivity contribution >= 4 is 28.6 Å². The molecule has 3 rings (SSSR count). The van der Waals surface area contributed by atoms with Gasteiger partial charge in [0.2, 0.25) is 5.91 Å². The highest BCUT2D eigenvalue weighted by Crippen LogP contribution is 2.25. The van der Waals surface area contributed by atoms with E-state index in [4.69, 9.17) is 4.52 Å². The average Bonchev–Trinajstić information content (AvgIpc) is 3.06. The highest BCUT2D eigenvalue weighted by molar-refractivity contribution is 6.06. The molecule has 0 aliphatic carbocycles. The first-order valence-corrected chi connectivity index (χ1v) is 9.83. The Morgan fingerprint density at radius 1 is 1.20 bits per heavy atom. The summed E-state index contributed by atoms with van der Waals surface area (Å²) in [6.45, 7) is 6.43. The summed E-state index contributed by atoms with van der Waals surface area (Å²) in [4.78, 5) is 31.2. The molecule has 2 heterocycles. The van der Waals surface area contributed by atoms with Crippen LogP contribution in [-0.2, 0) is 11.3 Å². The van der Waals surface area contributed by atoms with Crippen molar-refractivity contribution < 1.29 is 14.1 Å². The molecule has 3 aromatic rings. The van der Waals surface area contributed by atoms with Crippen molar-refractivity contribution in [3.05, 3.63) is 52.8 Å². The molecule has 1 aromatic carbocycles. The van der Waals surface area contributed by atoms with Gasteiger partial charge in [-0.05, 0) is 50.7 Å². The number of pyridine rings is 1. The highest BCUT2D eigenvalue weighted by Gasteiger charge is 2.19. The summed E-state index contributed by atoms with van der Waals surface area (Å²) in [5, 5.41) is 10.4. The maximum atomic E-state index is 13.0. The minimum atomic E-state index is -0.224. The summed E-state index contributed by atoms with van der Waals surface area (Å²) in [5.41, 5.74) is 3.84. The maximum absolute atomic E-state index is 13.0. The van der Waals surface area contributed by atoms with Crippen LogP contribution in [0, 0.1) is 6.92 Å². The number of hydrogen-bond donors (Lipinski definition) is 2. The summed E-state index contributed by atoms with van der Waals surface area (Å²) < 4.78 is 5.29. The standard InChI is InChI=1S/C22H27N5O3/c1-13(2)18-10-17(20-14(3)26-30-22(20)25-18)21(29)23-11-15-7-6-8-16(9-15)24-19(28)12-27(4)5/h6-10,13H,11-12H2,1-5H3,(H,23,29)(H,24,28). The van der Waals surface area contributed by atoms with Gasteiger partial charge in [0.15, 0.2) is 0 Å². The number of aryl methyl sites for hydroxylation is 1. The predicted molar refractivity (Wildman–Crippen MR) is 115 cm³/mol. The van der Waals surface area contributed by atoms with Gasteiger partial charge in [-0.3, -0.25) is 9.59 Å². The van der Waals surface area contributed by atoms with Crippen molar-refractivity contribution in [2.45, 2.75) is 33.2 Å². The molecule has 0 saturated carbocycles. The molecule has 8 nitrogen and oxygen atoms in total. The van der Waals surface area contributed by atoms with Crippen molar-refractivity contribution in [1.29, 1.82) is 0 Å². The Morgan fingerprint density at radius 3 is 2.67 bits per heavy atom. The third kappa shape index (κ3) is 5.01. The molecule has 30 heavy (non-hydrogen) atoms. The number of hydrogen-bond acceptors (Lipinski definition) is 6. The van der Waals surface area contributed by atoms with Crippen LogP contribution in [0.5, 0.6) is 0 Å². The van der Waals surface area contributed by atoms with E-state index >= 15 is 0 Å². The van der Waals surface area contributed by atoms with Gasteiger partial charge in [0.05, 0.1) is 23.2 Å². The summed E-state index contributed by atoms with van der Waals surface area (Å²) in [7, 11) is 3.67. The van der Waals surface area contributed by atoms with E-state index in [0.717, 1.165) is 11.3 Å². The molecule has 0 saturated heterocycles. The molecule has 0 atom stereocenters. The summed E-state index contributed by atoms with van der Waals surface area (Å²) >= 11 is 0. The van der Waals surface area contributed by atoms with E-state index in [9.17, 15) is 9.59 Å². The lowest BCUT2D eigenvalue weighted by Gasteiger charge is -2.12. The SMILES string of the molecule is Cc1noc2nc(C(C)C)cc(C(=O)NCc3cccc(NC(=O)CN(C)C)c3)c12. The van der Waals surface area contributed by atoms with E-state index in [1.54, 1.807) is 17.9 Å². The number of aromatic nitrogens is 2. The number of amides is 2. The van der Waals surface area contributed by atoms with Gasteiger partial charge in [0.25, 0.3) is 11.6 Å². The number of nitrogens with zero attached hydrogens (tertiary/aromatic N) is 3. The van der Waals surface area contributed by atoms with Gasteiger partial charge < -0.3 is 20.1 Å². The molecule has 0 aliphatic rings. The molecule has 2 aromatic heterocycles. The predicted octanol–water partition coefficient (Wildman–Crippen LogP) is 3.08. The van der Waals surface area contributed by atoms with E-state index in [1.807, 2.05) is 52.2 Å². The van der Waals surface area contributed by atoms with Crippen molar-refractivity contribution in [2.24, 2.45) is 0 Å². The van der Waals surface area contributed by atoms with E-state index in [2.05, 4.69) is 20.8 Å². The van der Waals surface area contributed by atoms with Crippen LogP contribution >= 0.6 is 0 Å². The highest BCUT2D eigenvalue weighted by atomic mass is 16.5. The number of likely N-dealkylation sites (N-methyl/N-ethyl adjacent to an activating group) is 1. The number of nitrogens with one attached hydrogen (secondary N) is 2. The van der Waals surface area contributed by atoms with Gasteiger partial charge in [-0.25, -0.2) is 4.98 Å². The zero-order valence-electron chi connectivity index (χ0n) is 17.9. The first-order valence-electron chi connectivity index (χ1n) is 9.83. The Balaban J connectivity index is 1.75. The number of fused-ring (bicyclic) bond motifs is 1. The number of rotatable bonds is 7. The first kappa shape index (κ1) is 21.4. The minimum Gasteiger partial charge on any atom is -0.348 e. The molecule has 0 spiro atoms. The normalized spacial score (nSPS) is 11.3. The van der Waals surface area contributed by atoms with Crippen LogP contribution in [0.15, 0.2) is 34.9 Å². The Labute approximate surface area is 175 Å². The number of anilines is 1. The lowest BCUT2D eigenvalue weighted by Crippen LogP contribution is -2.27. The van der Waals surface area contributed by atoms with Crippen LogP contribution in [0.4, 0.5) is 5.69 Å². The largest absolute Gasteiger partial charge is 0.348 e. The summed E-state index contributed by atoms with van der Waals surface area (Å²) in [5.74, 6) is -0.170. The molecule has 158 valence electrons. The molecule has 2 N–H and O–H groups in total. The quantitative estimate of drug-likeness (QED) is 0.622. The van der Waals surface area contributed by atoms with Crippen LogP contribution in [0.3, 0.4) is 0 Å². The maximum Gasteiger partial charge on any atom is 0.259 e. The van der Waals surface area contributed by atoms with Crippen LogP contribution in [-0.4, -0.2) is 47.5 Å². The second-order valence-corrected chi connectivity index (χ2v) is 7.87. The van der Waals surface area contributed by atoms with E-state index in [0.29, 0.717) is 41.1 Å². The molecular formula is C22H27N5O3. The zero-order chi connectivity index (χ0) is 21.8. The van der Waals surface area contributed by atoms with E-state index < -0.39 is 0 Å². The lowest BCUT2D eigenvalue weighted by atomic mass is 10.0. The molecule has 0 bridgehead atoms. The smallest absolute Gasteiger partial charge is 0.259 e. The minimum absolute atomic E-state index is 0.0930. The third-order valence-corrected chi connectivity index (χ3v) is 4.60. The van der Waals surface area contributed by atoms with Crippen molar-refractivity contribution in [3.63, 3.8) is 0 Å². The average molecular weight is 409 g/mol. The fraction of sp³-hybridized carbons (Fsp3) is 0.364. The summed E-state index contributed by atoms with van der Waals surface area (Å²) in [6, 6.07) is 9.21. The lowest BCUT2D eigenvalue weighted by molar-refractivity contribution is -0.116. The number of carbonyl (C=O) groups excluding carboxylic acids is 2. The second kappa shape index (κ2) is 9.04. The molecule has 0 unspecified atom stereocenters. The Bertz CT molecular complexity index is 1070. The summed E-state index contributed by atoms with van der Waals surface area (Å²) in [6.07, 6.45) is 0. The van der Waals surface area contributed by atoms with Gasteiger partial charge in [-0.1, -0.05) is 31.1 Å². The molecule has 0 radical (unpaired) electrons. The molecule has 8 heteroatoms. The third-order valence-electron chi connectivity index (χ3n) is 4.60. The molecule has 0 aliphatic heterocycles. The first-order chi connectivity index (χ1) is 14.2. The Morgan fingerprint density at radius 2 is 1.97 bits per heavy atom. The molecule has 2 amide bonds. The van der Waals surface area contributed by atoms with Crippen LogP contribution < -0.4 is 10.6 Å².